The molecule has 4 amide bonds. The van der Waals surface area contributed by atoms with Crippen LogP contribution in [0.5, 0.6) is 0 Å². The van der Waals surface area contributed by atoms with E-state index in [-0.39, 0.29) is 51.9 Å². The number of carboxylic acids is 1. The second-order valence-electron chi connectivity index (χ2n) is 24.3. The van der Waals surface area contributed by atoms with E-state index in [4.69, 9.17) is 49.2 Å². The molecule has 0 aliphatic carbocycles. The maximum Gasteiger partial charge on any atom is 0.338 e. The highest BCUT2D eigenvalue weighted by Gasteiger charge is 2.50. The molecule has 0 bridgehead atoms. The van der Waals surface area contributed by atoms with Gasteiger partial charge in [-0.2, -0.15) is 0 Å². The Morgan fingerprint density at radius 3 is 1.69 bits per heavy atom. The van der Waals surface area contributed by atoms with Gasteiger partial charge in [-0.15, -0.1) is 22.7 Å². The smallest absolute Gasteiger partial charge is 0.338 e. The van der Waals surface area contributed by atoms with Gasteiger partial charge in [0.2, 0.25) is 0 Å². The molecule has 0 spiro atoms. The molecule has 30 heteroatoms. The summed E-state index contributed by atoms with van der Waals surface area (Å²) in [5.41, 5.74) is 3.95. The second kappa shape index (κ2) is 28.0. The number of nitrogens with zero attached hydrogens (tertiary/aromatic N) is 12. The van der Waals surface area contributed by atoms with Gasteiger partial charge >= 0.3 is 30.0 Å². The number of carboxylic acid groups (broad SMARTS) is 1. The fraction of sp³-hybridized carbons (Fsp3) is 0.343. The molecule has 7 aliphatic heterocycles. The number of aromatic nitrogens is 2. The summed E-state index contributed by atoms with van der Waals surface area (Å²) in [5.74, 6) is 0.639. The maximum absolute atomic E-state index is 14.1. The van der Waals surface area contributed by atoms with Crippen molar-refractivity contribution >= 4 is 105 Å². The van der Waals surface area contributed by atoms with E-state index in [1.807, 2.05) is 24.1 Å². The number of benzene rings is 4. The Morgan fingerprint density at radius 1 is 0.711 bits per heavy atom. The van der Waals surface area contributed by atoms with E-state index in [9.17, 15) is 46.6 Å². The van der Waals surface area contributed by atoms with Crippen LogP contribution in [0.15, 0.2) is 141 Å². The van der Waals surface area contributed by atoms with E-state index in [2.05, 4.69) is 47.1 Å². The average molecular weight is 1400 g/mol. The van der Waals surface area contributed by atoms with Crippen LogP contribution in [0.25, 0.3) is 4.85 Å². The lowest BCUT2D eigenvalue weighted by atomic mass is 9.95. The summed E-state index contributed by atoms with van der Waals surface area (Å²) in [6.07, 6.45) is 2.54. The van der Waals surface area contributed by atoms with Gasteiger partial charge in [0.05, 0.1) is 50.6 Å². The van der Waals surface area contributed by atoms with Gasteiger partial charge in [-0.1, -0.05) is 71.4 Å². The van der Waals surface area contributed by atoms with E-state index in [1.54, 1.807) is 81.0 Å². The summed E-state index contributed by atoms with van der Waals surface area (Å²) in [6.45, 7) is 14.7. The number of ether oxygens (including phenoxy) is 2. The molecule has 5 atom stereocenters. The number of carbonyl (C=O) groups is 5. The number of urea groups is 2. The van der Waals surface area contributed by atoms with Crippen LogP contribution in [0.3, 0.4) is 0 Å². The molecular formula is C67H62Cl2F4N14O8S2. The number of aliphatic carboxylic acids is 1. The second-order valence-corrected chi connectivity index (χ2v) is 26.9. The minimum absolute atomic E-state index is 0.0632. The van der Waals surface area contributed by atoms with Gasteiger partial charge in [0, 0.05) is 145 Å². The van der Waals surface area contributed by atoms with Crippen molar-refractivity contribution in [3.05, 3.63) is 190 Å². The topological polar surface area (TPSA) is 226 Å². The molecule has 2 aromatic heterocycles. The normalized spacial score (nSPS) is 21.7. The van der Waals surface area contributed by atoms with Crippen LogP contribution in [0.2, 0.25) is 10.0 Å². The zero-order chi connectivity index (χ0) is 68.6. The molecule has 502 valence electrons. The summed E-state index contributed by atoms with van der Waals surface area (Å²) in [5, 5.41) is 21.2. The molecule has 4 aromatic carbocycles. The Balaban J connectivity index is 0.000000185. The third-order valence-electron chi connectivity index (χ3n) is 17.7. The number of hydrogen-bond donors (Lipinski definition) is 3. The van der Waals surface area contributed by atoms with E-state index >= 15 is 0 Å². The minimum atomic E-state index is -3.12. The number of rotatable bonds is 14. The number of methoxy groups -OCH3 is 2. The van der Waals surface area contributed by atoms with Gasteiger partial charge in [-0.3, -0.25) is 24.7 Å². The first-order valence-electron chi connectivity index (χ1n) is 30.6. The first-order valence-corrected chi connectivity index (χ1v) is 33.1. The lowest BCUT2D eigenvalue weighted by molar-refractivity contribution is -0.139. The number of hydrogen-bond acceptors (Lipinski definition) is 18. The van der Waals surface area contributed by atoms with Gasteiger partial charge < -0.3 is 44.8 Å². The zero-order valence-corrected chi connectivity index (χ0v) is 55.7. The Hall–Kier alpha value is -9.42. The van der Waals surface area contributed by atoms with Crippen molar-refractivity contribution < 1.29 is 56.1 Å². The molecule has 0 radical (unpaired) electrons. The number of aliphatic imine (C=N–C) groups is 2. The molecule has 1 unspecified atom stereocenters. The minimum Gasteiger partial charge on any atom is -0.480 e. The summed E-state index contributed by atoms with van der Waals surface area (Å²) in [7, 11) is 2.58. The Morgan fingerprint density at radius 2 is 1.22 bits per heavy atom. The fourth-order valence-electron chi connectivity index (χ4n) is 12.9. The number of amides is 4. The van der Waals surface area contributed by atoms with Gasteiger partial charge in [0.25, 0.3) is 5.92 Å². The Bertz CT molecular complexity index is 4320. The summed E-state index contributed by atoms with van der Waals surface area (Å²) >= 11 is 15.7. The molecule has 97 heavy (non-hydrogen) atoms. The molecule has 13 rings (SSSR count). The highest BCUT2D eigenvalue weighted by atomic mass is 35.5. The van der Waals surface area contributed by atoms with Gasteiger partial charge in [0.1, 0.15) is 35.3 Å². The zero-order valence-electron chi connectivity index (χ0n) is 52.5. The number of anilines is 2. The summed E-state index contributed by atoms with van der Waals surface area (Å²) in [6, 6.07) is 17.7. The average Bonchev–Trinajstić information content (AvgIpc) is 1.75. The van der Waals surface area contributed by atoms with Crippen molar-refractivity contribution in [1.29, 1.82) is 0 Å². The van der Waals surface area contributed by atoms with Gasteiger partial charge in [-0.05, 0) is 62.4 Å². The van der Waals surface area contributed by atoms with Crippen LogP contribution in [0.4, 0.5) is 44.2 Å². The standard InChI is InChI=1S/C34H31ClFN7O3S.C33H31ClF3N7O5S/c1-34(2,12-11-21-5-8-23(37-3)9-6-21)43-19-24-18-41(14-15-42(24)33(43)45)20-27-28(32(44)46-4)29(25-10-7-22(36)17-26(25)35)40-30(39-27)31-38-13-16-47-31;1-49-31(47)26-24(39-28(29-38-8-11-50-29)40-27(26)22-7-2-18(35)12-23(22)34)16-41-9-10-42-21(14-41)15-43(32(42)48)19-3-5-20(6-4-19)44-17-33(36,37)13-25(44)30(45)46/h5-10,13,16-17,24,29H,14-15,18-20H2,1-2,4H3,(H,39,40);2-8,11-12,21,25,27H,9-10,13-17H2,1H3,(H,39,40)(H,45,46)/t24-,29-;21-,25?,27-/m00/s1. The predicted molar refractivity (Wildman–Crippen MR) is 357 cm³/mol. The summed E-state index contributed by atoms with van der Waals surface area (Å²) in [4.78, 5) is 99.7. The monoisotopic (exact) mass is 1400 g/mol. The van der Waals surface area contributed by atoms with Crippen molar-refractivity contribution in [3.8, 4) is 11.8 Å². The van der Waals surface area contributed by atoms with Crippen LogP contribution in [-0.4, -0.2) is 197 Å². The van der Waals surface area contributed by atoms with Crippen LogP contribution in [-0.2, 0) is 23.9 Å². The number of esters is 2. The van der Waals surface area contributed by atoms with E-state index in [0.717, 1.165) is 5.56 Å². The third-order valence-corrected chi connectivity index (χ3v) is 19.9. The molecule has 3 N–H and O–H groups in total. The number of halogens is 6. The van der Waals surface area contributed by atoms with Crippen LogP contribution >= 0.6 is 45.9 Å². The largest absolute Gasteiger partial charge is 0.480 e. The number of piperazine rings is 2. The molecule has 6 aromatic rings. The van der Waals surface area contributed by atoms with Crippen molar-refractivity contribution in [2.45, 2.75) is 61.9 Å². The first kappa shape index (κ1) is 67.6. The Kier molecular flexibility index (Phi) is 19.5. The molecule has 5 saturated heterocycles. The Labute approximate surface area is 572 Å². The lowest BCUT2D eigenvalue weighted by Crippen LogP contribution is -2.53. The van der Waals surface area contributed by atoms with Crippen molar-refractivity contribution in [2.75, 3.05) is 96.0 Å². The maximum atomic E-state index is 14.1. The molecular weight excluding hydrogens is 1340 g/mol. The van der Waals surface area contributed by atoms with Crippen molar-refractivity contribution in [3.63, 3.8) is 0 Å². The van der Waals surface area contributed by atoms with E-state index in [1.165, 1.54) is 78.2 Å². The van der Waals surface area contributed by atoms with Gasteiger partial charge in [0.15, 0.2) is 27.4 Å². The SMILES string of the molecule is COC(=O)C1=C(CN2CCN3C(=O)N(c4ccc(N5CC(F)(F)CC5C(=O)O)cc4)C[C@@H]3C2)NC(c2nccs2)=N[C@H]1c1ccc(F)cc1Cl.[C-]#[N+]c1ccc(C#CC(C)(C)N2C[C@@H]3CN(CC4=C(C(=O)OC)[C@H](c5ccc(F)cc5Cl)N=C(c5nccs5)N4)CCN3C2=O)cc1. The number of fused-ring (bicyclic) bond motifs is 2. The number of amidine groups is 2. The molecule has 0 saturated carbocycles. The quantitative estimate of drug-likeness (QED) is 0.0399. The number of nitrogens with one attached hydrogen (secondary N) is 2. The molecule has 7 aliphatic rings. The molecule has 9 heterocycles. The highest BCUT2D eigenvalue weighted by Crippen LogP contribution is 2.41. The number of thiazole rings is 2. The summed E-state index contributed by atoms with van der Waals surface area (Å²) < 4.78 is 66.6. The molecule has 5 fully saturated rings. The van der Waals surface area contributed by atoms with Crippen LogP contribution < -0.4 is 20.4 Å². The fourth-order valence-corrected chi connectivity index (χ4v) is 14.7. The predicted octanol–water partition coefficient (Wildman–Crippen LogP) is 9.64. The van der Waals surface area contributed by atoms with Crippen molar-refractivity contribution in [2.24, 2.45) is 9.98 Å². The first-order chi connectivity index (χ1) is 46.5. The third kappa shape index (κ3) is 14.2. The van der Waals surface area contributed by atoms with Crippen molar-refractivity contribution in [1.82, 2.24) is 45.1 Å². The van der Waals surface area contributed by atoms with Gasteiger partial charge in [-0.25, -0.2) is 56.3 Å². The van der Waals surface area contributed by atoms with Crippen LogP contribution in [0.1, 0.15) is 59.1 Å². The number of alkyl halides is 2. The highest BCUT2D eigenvalue weighted by molar-refractivity contribution is 7.12. The van der Waals surface area contributed by atoms with E-state index < -0.39 is 72.1 Å². The lowest BCUT2D eigenvalue weighted by Gasteiger charge is -2.38. The van der Waals surface area contributed by atoms with Crippen LogP contribution in [0, 0.1) is 30.0 Å². The van der Waals surface area contributed by atoms with E-state index in [0.29, 0.717) is 120 Å². The molecule has 22 nitrogen and oxygen atoms in total. The number of carbonyl (C=O) groups excluding carboxylic acids is 4.